The maximum absolute atomic E-state index is 13.1. The summed E-state index contributed by atoms with van der Waals surface area (Å²) in [4.78, 5) is 27.2. The van der Waals surface area contributed by atoms with Gasteiger partial charge >= 0.3 is 12.2 Å². The standard InChI is InChI=1S/C36H58N2O7/c1-20(2)29(45-31(40)37-7)23-18-21(3)26-30(43-23)28(39)27-22-8-9-24-33(4,5)25(44-32(41)38-14-16-42-17-15-38)10-11-36(24)19-35(22,36)13-12-34(26,27)6/h20-30,39H,8-19H2,1-7H3,(H,37,40)/t21-,22?,23?,24+,25+,26?,27?,28-,29-,30?,34?,35+,36?/m1/s1. The summed E-state index contributed by atoms with van der Waals surface area (Å²) >= 11 is 0. The number of carbonyl (C=O) groups excluding carboxylic acids is 2. The van der Waals surface area contributed by atoms with Gasteiger partial charge < -0.3 is 34.3 Å². The van der Waals surface area contributed by atoms with Gasteiger partial charge in [0.2, 0.25) is 0 Å². The van der Waals surface area contributed by atoms with Gasteiger partial charge in [-0.2, -0.15) is 0 Å². The van der Waals surface area contributed by atoms with Crippen molar-refractivity contribution in [1.82, 2.24) is 10.2 Å². The van der Waals surface area contributed by atoms with Crippen LogP contribution in [-0.2, 0) is 18.9 Å². The number of amides is 2. The lowest BCUT2D eigenvalue weighted by atomic mass is 9.46. The van der Waals surface area contributed by atoms with E-state index in [1.165, 1.54) is 12.8 Å². The number of aliphatic hydroxyl groups is 1. The van der Waals surface area contributed by atoms with Crippen LogP contribution in [0.3, 0.4) is 0 Å². The van der Waals surface area contributed by atoms with E-state index in [-0.39, 0.29) is 64.0 Å². The molecule has 0 aromatic rings. The number of hydrogen-bond donors (Lipinski definition) is 2. The summed E-state index contributed by atoms with van der Waals surface area (Å²) in [5.41, 5.74) is 0.515. The monoisotopic (exact) mass is 630 g/mol. The van der Waals surface area contributed by atoms with E-state index in [0.717, 1.165) is 38.5 Å². The quantitative estimate of drug-likeness (QED) is 0.415. The van der Waals surface area contributed by atoms with Crippen LogP contribution in [0.25, 0.3) is 0 Å². The van der Waals surface area contributed by atoms with Crippen LogP contribution in [0.2, 0.25) is 0 Å². The first kappa shape index (κ1) is 32.0. The Bertz CT molecular complexity index is 1170. The van der Waals surface area contributed by atoms with E-state index >= 15 is 0 Å². The fraction of sp³-hybridized carbons (Fsp3) is 0.944. The first-order valence-electron chi connectivity index (χ1n) is 18.1. The van der Waals surface area contributed by atoms with Gasteiger partial charge in [-0.3, -0.25) is 0 Å². The van der Waals surface area contributed by atoms with Gasteiger partial charge in [0, 0.05) is 25.6 Å². The van der Waals surface area contributed by atoms with Crippen LogP contribution < -0.4 is 5.32 Å². The SMILES string of the molecule is CNC(=O)O[C@H](C(C)C)C1C[C@@H](C)C2C(O1)[C@H](O)C1C3CC[C@H]4C(C)(C)[C@@H](OC(=O)N5CCOCC5)CCC45C[C@@]35CCC12C. The molecule has 5 saturated carbocycles. The van der Waals surface area contributed by atoms with E-state index in [2.05, 4.69) is 46.9 Å². The number of hydrogen-bond acceptors (Lipinski definition) is 7. The highest BCUT2D eigenvalue weighted by Crippen LogP contribution is 2.87. The number of ether oxygens (including phenoxy) is 4. The van der Waals surface area contributed by atoms with Crippen LogP contribution in [0.5, 0.6) is 0 Å². The van der Waals surface area contributed by atoms with Crippen molar-refractivity contribution in [2.24, 2.45) is 57.2 Å². The zero-order valence-electron chi connectivity index (χ0n) is 28.7. The second kappa shape index (κ2) is 11.0. The van der Waals surface area contributed by atoms with Crippen LogP contribution in [0, 0.1) is 57.2 Å². The molecular weight excluding hydrogens is 572 g/mol. The molecule has 9 nitrogen and oxygen atoms in total. The average molecular weight is 631 g/mol. The van der Waals surface area contributed by atoms with Crippen molar-refractivity contribution in [1.29, 1.82) is 0 Å². The van der Waals surface area contributed by atoms with E-state index < -0.39 is 12.2 Å². The molecule has 2 aliphatic heterocycles. The molecule has 45 heavy (non-hydrogen) atoms. The van der Waals surface area contributed by atoms with E-state index in [1.54, 1.807) is 7.05 Å². The molecule has 2 spiro atoms. The molecule has 13 atom stereocenters. The maximum atomic E-state index is 13.1. The Morgan fingerprint density at radius 3 is 2.42 bits per heavy atom. The molecule has 0 radical (unpaired) electrons. The zero-order valence-corrected chi connectivity index (χ0v) is 28.7. The van der Waals surface area contributed by atoms with Gasteiger partial charge in [0.1, 0.15) is 12.2 Å². The first-order chi connectivity index (χ1) is 21.3. The minimum Gasteiger partial charge on any atom is -0.446 e. The van der Waals surface area contributed by atoms with Crippen molar-refractivity contribution >= 4 is 12.2 Å². The van der Waals surface area contributed by atoms with Crippen LogP contribution in [-0.4, -0.2) is 86.1 Å². The summed E-state index contributed by atoms with van der Waals surface area (Å²) in [7, 11) is 1.59. The molecule has 2 saturated heterocycles. The Labute approximate surface area is 269 Å². The Balaban J connectivity index is 1.10. The molecule has 2 heterocycles. The van der Waals surface area contributed by atoms with Gasteiger partial charge in [-0.05, 0) is 103 Å². The number of alkyl carbamates (subject to hydrolysis) is 1. The second-order valence-corrected chi connectivity index (χ2v) is 17.3. The Hall–Kier alpha value is -1.58. The summed E-state index contributed by atoms with van der Waals surface area (Å²) in [5.74, 6) is 2.04. The molecular formula is C36H58N2O7. The number of nitrogens with zero attached hydrogens (tertiary/aromatic N) is 1. The lowest BCUT2D eigenvalue weighted by Crippen LogP contribution is -2.56. The lowest BCUT2D eigenvalue weighted by Gasteiger charge is -2.60. The minimum absolute atomic E-state index is 0.0381. The van der Waals surface area contributed by atoms with Crippen molar-refractivity contribution in [3.8, 4) is 0 Å². The average Bonchev–Trinajstić information content (AvgIpc) is 3.62. The van der Waals surface area contributed by atoms with Crippen LogP contribution in [0.1, 0.15) is 92.9 Å². The van der Waals surface area contributed by atoms with Gasteiger partial charge in [0.15, 0.2) is 0 Å². The number of aliphatic hydroxyl groups excluding tert-OH is 1. The predicted octanol–water partition coefficient (Wildman–Crippen LogP) is 5.63. The van der Waals surface area contributed by atoms with E-state index in [9.17, 15) is 14.7 Å². The fourth-order valence-corrected chi connectivity index (χ4v) is 13.0. The van der Waals surface area contributed by atoms with Crippen LogP contribution in [0.4, 0.5) is 9.59 Å². The Kier molecular flexibility index (Phi) is 7.80. The number of morpholine rings is 1. The highest BCUT2D eigenvalue weighted by atomic mass is 16.6. The van der Waals surface area contributed by atoms with Crippen molar-refractivity contribution in [2.45, 2.75) is 123 Å². The predicted molar refractivity (Wildman–Crippen MR) is 168 cm³/mol. The number of carbonyl (C=O) groups is 2. The maximum Gasteiger partial charge on any atom is 0.410 e. The van der Waals surface area contributed by atoms with Gasteiger partial charge in [-0.25, -0.2) is 9.59 Å². The Morgan fingerprint density at radius 2 is 1.73 bits per heavy atom. The van der Waals surface area contributed by atoms with Crippen molar-refractivity contribution < 1.29 is 33.6 Å². The molecule has 5 aliphatic carbocycles. The molecule has 0 aromatic heterocycles. The number of rotatable bonds is 4. The third kappa shape index (κ3) is 4.55. The highest BCUT2D eigenvalue weighted by molar-refractivity contribution is 5.68. The minimum atomic E-state index is -0.506. The smallest absolute Gasteiger partial charge is 0.410 e. The Morgan fingerprint density at radius 1 is 1.00 bits per heavy atom. The van der Waals surface area contributed by atoms with Gasteiger partial charge in [0.05, 0.1) is 31.5 Å². The molecule has 7 rings (SSSR count). The first-order valence-corrected chi connectivity index (χ1v) is 18.1. The van der Waals surface area contributed by atoms with Gasteiger partial charge in [0.25, 0.3) is 0 Å². The molecule has 0 bridgehead atoms. The van der Waals surface area contributed by atoms with E-state index in [0.29, 0.717) is 50.0 Å². The summed E-state index contributed by atoms with van der Waals surface area (Å²) in [6.45, 7) is 16.1. The zero-order chi connectivity index (χ0) is 32.1. The van der Waals surface area contributed by atoms with Crippen LogP contribution in [0.15, 0.2) is 0 Å². The molecule has 7 aliphatic rings. The summed E-state index contributed by atoms with van der Waals surface area (Å²) in [6, 6.07) is 0. The molecule has 9 heteroatoms. The normalized spacial score (nSPS) is 48.6. The van der Waals surface area contributed by atoms with Crippen molar-refractivity contribution in [3.05, 3.63) is 0 Å². The summed E-state index contributed by atoms with van der Waals surface area (Å²) in [5, 5.41) is 14.9. The number of nitrogens with one attached hydrogen (secondary N) is 1. The van der Waals surface area contributed by atoms with Crippen LogP contribution >= 0.6 is 0 Å². The molecule has 254 valence electrons. The largest absolute Gasteiger partial charge is 0.446 e. The third-order valence-corrected chi connectivity index (χ3v) is 14.9. The van der Waals surface area contributed by atoms with Gasteiger partial charge in [-0.15, -0.1) is 0 Å². The van der Waals surface area contributed by atoms with Crippen molar-refractivity contribution in [3.63, 3.8) is 0 Å². The van der Waals surface area contributed by atoms with Crippen molar-refractivity contribution in [2.75, 3.05) is 33.4 Å². The molecule has 2 amide bonds. The molecule has 0 aromatic carbocycles. The molecule has 7 unspecified atom stereocenters. The highest BCUT2D eigenvalue weighted by Gasteiger charge is 2.82. The number of fused-ring (bicyclic) bond motifs is 4. The van der Waals surface area contributed by atoms with E-state index in [4.69, 9.17) is 18.9 Å². The lowest BCUT2D eigenvalue weighted by molar-refractivity contribution is -0.177. The molecule has 7 fully saturated rings. The summed E-state index contributed by atoms with van der Waals surface area (Å²) in [6.07, 6.45) is 6.81. The van der Waals surface area contributed by atoms with E-state index in [1.807, 2.05) is 4.90 Å². The second-order valence-electron chi connectivity index (χ2n) is 17.3. The molecule has 2 N–H and O–H groups in total. The fourth-order valence-electron chi connectivity index (χ4n) is 13.0. The topological polar surface area (TPSA) is 107 Å². The third-order valence-electron chi connectivity index (χ3n) is 14.9. The summed E-state index contributed by atoms with van der Waals surface area (Å²) < 4.78 is 24.4. The van der Waals surface area contributed by atoms with Gasteiger partial charge in [-0.1, -0.05) is 41.5 Å².